The predicted molar refractivity (Wildman–Crippen MR) is 75.2 cm³/mol. The Morgan fingerprint density at radius 3 is 1.80 bits per heavy atom. The standard InChI is InChI=1S/C9H14N2O2S.H2O4S.H2O/c1-3-11(10-14(2,12)13)9-7-5-4-6-8-9;1-5(2,3)4;/h4-8,10H,3H2,1-2H3;(H2,1,2,3,4);1H2. The lowest BCUT2D eigenvalue weighted by atomic mass is 10.3. The van der Waals surface area contributed by atoms with Gasteiger partial charge in [-0.3, -0.25) is 14.1 Å². The van der Waals surface area contributed by atoms with Crippen molar-refractivity contribution in [3.8, 4) is 0 Å². The molecule has 0 saturated carbocycles. The lowest BCUT2D eigenvalue weighted by molar-refractivity contribution is 0.381. The number of anilines is 1. The minimum absolute atomic E-state index is 0. The normalized spacial score (nSPS) is 10.8. The summed E-state index contributed by atoms with van der Waals surface area (Å²) in [4.78, 5) is 2.43. The number of rotatable bonds is 4. The molecule has 1 aromatic carbocycles. The van der Waals surface area contributed by atoms with Crippen LogP contribution in [-0.2, 0) is 20.4 Å². The van der Waals surface area contributed by atoms with Crippen molar-refractivity contribution >= 4 is 26.1 Å². The van der Waals surface area contributed by atoms with Gasteiger partial charge in [0.05, 0.1) is 11.9 Å². The predicted octanol–water partition coefficient (Wildman–Crippen LogP) is -0.500. The molecular weight excluding hydrogens is 312 g/mol. The molecular formula is C9H18N2O7S2. The van der Waals surface area contributed by atoms with E-state index in [1.54, 1.807) is 5.01 Å². The van der Waals surface area contributed by atoms with Crippen molar-refractivity contribution in [2.75, 3.05) is 17.8 Å². The van der Waals surface area contributed by atoms with Crippen molar-refractivity contribution < 1.29 is 31.4 Å². The fourth-order valence-corrected chi connectivity index (χ4v) is 1.74. The molecule has 0 unspecified atom stereocenters. The number of sulfonamides is 1. The van der Waals surface area contributed by atoms with Crippen molar-refractivity contribution in [3.63, 3.8) is 0 Å². The maximum Gasteiger partial charge on any atom is 0.394 e. The number of nitrogens with zero attached hydrogens (tertiary/aromatic N) is 1. The Balaban J connectivity index is 0. The second-order valence-corrected chi connectivity index (χ2v) is 6.01. The molecule has 0 atom stereocenters. The van der Waals surface area contributed by atoms with Crippen LogP contribution in [0.3, 0.4) is 0 Å². The monoisotopic (exact) mass is 330 g/mol. The third-order valence-corrected chi connectivity index (χ3v) is 2.21. The average Bonchev–Trinajstić information content (AvgIpc) is 2.23. The van der Waals surface area contributed by atoms with Crippen LogP contribution in [0.1, 0.15) is 6.92 Å². The molecule has 0 bridgehead atoms. The van der Waals surface area contributed by atoms with Crippen molar-refractivity contribution in [2.24, 2.45) is 0 Å². The van der Waals surface area contributed by atoms with Gasteiger partial charge < -0.3 is 5.48 Å². The lowest BCUT2D eigenvalue weighted by Crippen LogP contribution is -2.41. The molecule has 0 saturated heterocycles. The highest BCUT2D eigenvalue weighted by Crippen LogP contribution is 2.10. The maximum atomic E-state index is 11.0. The first kappa shape index (κ1) is 21.1. The van der Waals surface area contributed by atoms with E-state index in [9.17, 15) is 8.42 Å². The third kappa shape index (κ3) is 13.2. The van der Waals surface area contributed by atoms with E-state index >= 15 is 0 Å². The number of benzene rings is 1. The minimum atomic E-state index is -4.67. The fourth-order valence-electron chi connectivity index (χ4n) is 1.11. The van der Waals surface area contributed by atoms with E-state index in [4.69, 9.17) is 17.5 Å². The molecule has 0 aliphatic heterocycles. The molecule has 0 aliphatic rings. The summed E-state index contributed by atoms with van der Waals surface area (Å²) in [6, 6.07) is 9.31. The van der Waals surface area contributed by atoms with E-state index in [1.807, 2.05) is 37.3 Å². The van der Waals surface area contributed by atoms with Gasteiger partial charge in [0, 0.05) is 6.54 Å². The molecule has 0 heterocycles. The Bertz CT molecular complexity index is 564. The molecule has 9 nitrogen and oxygen atoms in total. The van der Waals surface area contributed by atoms with Gasteiger partial charge in [-0.05, 0) is 19.1 Å². The molecule has 0 amide bonds. The summed E-state index contributed by atoms with van der Waals surface area (Å²) in [7, 11) is -7.87. The van der Waals surface area contributed by atoms with E-state index in [2.05, 4.69) is 4.83 Å². The van der Waals surface area contributed by atoms with Crippen LogP contribution in [0.5, 0.6) is 0 Å². The molecule has 1 rings (SSSR count). The highest BCUT2D eigenvalue weighted by atomic mass is 32.3. The van der Waals surface area contributed by atoms with Gasteiger partial charge in [0.1, 0.15) is 0 Å². The molecule has 11 heteroatoms. The molecule has 0 fully saturated rings. The van der Waals surface area contributed by atoms with E-state index in [0.717, 1.165) is 11.9 Å². The van der Waals surface area contributed by atoms with Gasteiger partial charge in [-0.25, -0.2) is 8.42 Å². The molecule has 118 valence electrons. The van der Waals surface area contributed by atoms with E-state index in [0.29, 0.717) is 6.54 Å². The Morgan fingerprint density at radius 1 is 1.10 bits per heavy atom. The van der Waals surface area contributed by atoms with Crippen LogP contribution < -0.4 is 9.84 Å². The van der Waals surface area contributed by atoms with Gasteiger partial charge in [-0.2, -0.15) is 8.42 Å². The van der Waals surface area contributed by atoms with E-state index < -0.39 is 20.4 Å². The Labute approximate surface area is 118 Å². The zero-order valence-corrected chi connectivity index (χ0v) is 12.5. The zero-order valence-electron chi connectivity index (χ0n) is 10.9. The average molecular weight is 330 g/mol. The largest absolute Gasteiger partial charge is 0.412 e. The van der Waals surface area contributed by atoms with Crippen LogP contribution in [0.15, 0.2) is 30.3 Å². The van der Waals surface area contributed by atoms with Gasteiger partial charge in [0.25, 0.3) is 0 Å². The zero-order chi connectivity index (χ0) is 15.1. The van der Waals surface area contributed by atoms with Crippen molar-refractivity contribution in [1.29, 1.82) is 0 Å². The van der Waals surface area contributed by atoms with E-state index in [-0.39, 0.29) is 5.48 Å². The first-order chi connectivity index (χ1) is 8.53. The molecule has 1 aromatic rings. The van der Waals surface area contributed by atoms with Gasteiger partial charge in [0.2, 0.25) is 10.0 Å². The lowest BCUT2D eigenvalue weighted by Gasteiger charge is -2.22. The second-order valence-electron chi connectivity index (χ2n) is 3.39. The van der Waals surface area contributed by atoms with Gasteiger partial charge in [-0.1, -0.05) is 18.2 Å². The summed E-state index contributed by atoms with van der Waals surface area (Å²) in [5.41, 5.74) is 0.834. The second kappa shape index (κ2) is 8.84. The van der Waals surface area contributed by atoms with Gasteiger partial charge in [0.15, 0.2) is 0 Å². The SMILES string of the molecule is CCN(NS(C)(=O)=O)c1ccccc1.O.O=S(=O)(O)O. The quantitative estimate of drug-likeness (QED) is 0.496. The fraction of sp³-hybridized carbons (Fsp3) is 0.333. The van der Waals surface area contributed by atoms with Crippen LogP contribution in [0.2, 0.25) is 0 Å². The number of hydrogen-bond donors (Lipinski definition) is 3. The summed E-state index contributed by atoms with van der Waals surface area (Å²) in [6.07, 6.45) is 1.14. The van der Waals surface area contributed by atoms with Crippen LogP contribution in [-0.4, -0.2) is 44.2 Å². The minimum Gasteiger partial charge on any atom is -0.412 e. The summed E-state index contributed by atoms with van der Waals surface area (Å²) in [5.74, 6) is 0. The summed E-state index contributed by atoms with van der Waals surface area (Å²) < 4.78 is 53.6. The molecule has 0 aliphatic carbocycles. The smallest absolute Gasteiger partial charge is 0.394 e. The molecule has 0 radical (unpaired) electrons. The Kier molecular flexibility index (Phi) is 9.31. The number of nitrogens with one attached hydrogen (secondary N) is 1. The molecule has 0 spiro atoms. The van der Waals surface area contributed by atoms with E-state index in [1.165, 1.54) is 0 Å². The summed E-state index contributed by atoms with van der Waals surface area (Å²) in [5, 5.41) is 1.58. The van der Waals surface area contributed by atoms with Crippen LogP contribution >= 0.6 is 0 Å². The highest BCUT2D eigenvalue weighted by molar-refractivity contribution is 7.88. The van der Waals surface area contributed by atoms with Crippen LogP contribution in [0, 0.1) is 0 Å². The van der Waals surface area contributed by atoms with Gasteiger partial charge >= 0.3 is 10.4 Å². The van der Waals surface area contributed by atoms with Crippen LogP contribution in [0.4, 0.5) is 5.69 Å². The van der Waals surface area contributed by atoms with Crippen LogP contribution in [0.25, 0.3) is 0 Å². The highest BCUT2D eigenvalue weighted by Gasteiger charge is 2.08. The van der Waals surface area contributed by atoms with Crippen molar-refractivity contribution in [3.05, 3.63) is 30.3 Å². The Hall–Kier alpha value is -1.24. The third-order valence-electron chi connectivity index (χ3n) is 1.66. The maximum absolute atomic E-state index is 11.0. The number of para-hydroxylation sites is 1. The number of hydrazine groups is 1. The summed E-state index contributed by atoms with van der Waals surface area (Å²) in [6.45, 7) is 2.46. The van der Waals surface area contributed by atoms with Crippen molar-refractivity contribution in [1.82, 2.24) is 4.83 Å². The molecule has 0 aromatic heterocycles. The topological polar surface area (TPSA) is 156 Å². The molecule has 5 N–H and O–H groups in total. The summed E-state index contributed by atoms with van der Waals surface area (Å²) >= 11 is 0. The first-order valence-electron chi connectivity index (χ1n) is 5.03. The number of hydrogen-bond acceptors (Lipinski definition) is 5. The van der Waals surface area contributed by atoms with Gasteiger partial charge in [-0.15, -0.1) is 4.83 Å². The Morgan fingerprint density at radius 2 is 1.50 bits per heavy atom. The van der Waals surface area contributed by atoms with Crippen molar-refractivity contribution in [2.45, 2.75) is 6.92 Å². The first-order valence-corrected chi connectivity index (χ1v) is 8.31. The molecule has 20 heavy (non-hydrogen) atoms.